The minimum atomic E-state index is -0.00449. The second-order valence-corrected chi connectivity index (χ2v) is 5.32. The van der Waals surface area contributed by atoms with Crippen molar-refractivity contribution in [1.29, 1.82) is 0 Å². The molecule has 0 aliphatic rings. The summed E-state index contributed by atoms with van der Waals surface area (Å²) >= 11 is 1.61. The number of thiazole rings is 1. The van der Waals surface area contributed by atoms with E-state index in [1.54, 1.807) is 18.4 Å². The van der Waals surface area contributed by atoms with Gasteiger partial charge in [0.2, 0.25) is 5.91 Å². The summed E-state index contributed by atoms with van der Waals surface area (Å²) in [7, 11) is 1.62. The summed E-state index contributed by atoms with van der Waals surface area (Å²) in [6.07, 6.45) is 0.345. The van der Waals surface area contributed by atoms with Crippen LogP contribution < -0.4 is 5.32 Å². The van der Waals surface area contributed by atoms with Gasteiger partial charge in [-0.3, -0.25) is 4.79 Å². The number of aromatic nitrogens is 1. The van der Waals surface area contributed by atoms with Gasteiger partial charge in [0.15, 0.2) is 0 Å². The molecule has 1 aromatic heterocycles. The van der Waals surface area contributed by atoms with E-state index < -0.39 is 0 Å². The Bertz CT molecular complexity index is 363. The topological polar surface area (TPSA) is 51.2 Å². The first-order valence-electron chi connectivity index (χ1n) is 5.75. The molecular weight excluding hydrogens is 236 g/mol. The molecule has 0 saturated carbocycles. The zero-order chi connectivity index (χ0) is 12.8. The fraction of sp³-hybridized carbons (Fsp3) is 0.667. The molecule has 0 radical (unpaired) electrons. The Labute approximate surface area is 106 Å². The van der Waals surface area contributed by atoms with Crippen LogP contribution in [-0.4, -0.2) is 30.6 Å². The highest BCUT2D eigenvalue weighted by atomic mass is 32.1. The molecule has 1 atom stereocenters. The SMILES string of the molecule is COCC(C)NC(=O)Cc1csc(C(C)C)n1. The van der Waals surface area contributed by atoms with E-state index >= 15 is 0 Å². The van der Waals surface area contributed by atoms with Gasteiger partial charge >= 0.3 is 0 Å². The summed E-state index contributed by atoms with van der Waals surface area (Å²) in [6, 6.07) is 0.0377. The number of hydrogen-bond acceptors (Lipinski definition) is 4. The lowest BCUT2D eigenvalue weighted by Gasteiger charge is -2.11. The molecule has 1 rings (SSSR count). The van der Waals surface area contributed by atoms with Gasteiger partial charge in [0, 0.05) is 24.4 Å². The second-order valence-electron chi connectivity index (χ2n) is 4.43. The highest BCUT2D eigenvalue weighted by molar-refractivity contribution is 7.09. The van der Waals surface area contributed by atoms with Crippen LogP contribution in [0.5, 0.6) is 0 Å². The zero-order valence-corrected chi connectivity index (χ0v) is 11.6. The molecule has 0 aliphatic heterocycles. The van der Waals surface area contributed by atoms with E-state index in [-0.39, 0.29) is 11.9 Å². The highest BCUT2D eigenvalue weighted by Crippen LogP contribution is 2.19. The molecule has 1 unspecified atom stereocenters. The first kappa shape index (κ1) is 14.1. The van der Waals surface area contributed by atoms with Gasteiger partial charge in [0.1, 0.15) is 0 Å². The Balaban J connectivity index is 2.44. The quantitative estimate of drug-likeness (QED) is 0.846. The summed E-state index contributed by atoms with van der Waals surface area (Å²) in [5.74, 6) is 0.416. The average molecular weight is 256 g/mol. The van der Waals surface area contributed by atoms with E-state index in [0.717, 1.165) is 10.7 Å². The van der Waals surface area contributed by atoms with E-state index in [0.29, 0.717) is 18.9 Å². The van der Waals surface area contributed by atoms with Crippen molar-refractivity contribution in [3.05, 3.63) is 16.1 Å². The van der Waals surface area contributed by atoms with Crippen molar-refractivity contribution in [3.8, 4) is 0 Å². The molecule has 1 amide bonds. The predicted molar refractivity (Wildman–Crippen MR) is 69.4 cm³/mol. The van der Waals surface area contributed by atoms with Gasteiger partial charge in [0.05, 0.1) is 23.7 Å². The lowest BCUT2D eigenvalue weighted by atomic mass is 10.2. The summed E-state index contributed by atoms with van der Waals surface area (Å²) in [5, 5.41) is 5.90. The third-order valence-electron chi connectivity index (χ3n) is 2.23. The highest BCUT2D eigenvalue weighted by Gasteiger charge is 2.11. The summed E-state index contributed by atoms with van der Waals surface area (Å²) in [4.78, 5) is 16.1. The number of nitrogens with zero attached hydrogens (tertiary/aromatic N) is 1. The van der Waals surface area contributed by atoms with Crippen molar-refractivity contribution in [1.82, 2.24) is 10.3 Å². The number of carbonyl (C=O) groups excluding carboxylic acids is 1. The van der Waals surface area contributed by atoms with Crippen molar-refractivity contribution < 1.29 is 9.53 Å². The third kappa shape index (κ3) is 4.83. The fourth-order valence-corrected chi connectivity index (χ4v) is 2.29. The molecule has 0 bridgehead atoms. The summed E-state index contributed by atoms with van der Waals surface area (Å²) in [6.45, 7) is 6.65. The molecule has 0 aromatic carbocycles. The first-order chi connectivity index (χ1) is 8.02. The van der Waals surface area contributed by atoms with Crippen LogP contribution in [0.4, 0.5) is 0 Å². The Morgan fingerprint density at radius 3 is 2.76 bits per heavy atom. The molecule has 96 valence electrons. The number of nitrogens with one attached hydrogen (secondary N) is 1. The lowest BCUT2D eigenvalue weighted by molar-refractivity contribution is -0.121. The maximum Gasteiger partial charge on any atom is 0.226 e. The number of ether oxygens (including phenoxy) is 1. The van der Waals surface area contributed by atoms with Crippen molar-refractivity contribution in [2.45, 2.75) is 39.2 Å². The van der Waals surface area contributed by atoms with Crippen LogP contribution in [0.15, 0.2) is 5.38 Å². The van der Waals surface area contributed by atoms with Gasteiger partial charge in [0.25, 0.3) is 0 Å². The van der Waals surface area contributed by atoms with Gasteiger partial charge in [-0.15, -0.1) is 11.3 Å². The van der Waals surface area contributed by atoms with E-state index in [1.807, 2.05) is 12.3 Å². The van der Waals surface area contributed by atoms with Crippen LogP contribution >= 0.6 is 11.3 Å². The first-order valence-corrected chi connectivity index (χ1v) is 6.63. The van der Waals surface area contributed by atoms with E-state index in [2.05, 4.69) is 24.1 Å². The molecule has 0 spiro atoms. The average Bonchev–Trinajstić information content (AvgIpc) is 2.66. The summed E-state index contributed by atoms with van der Waals surface area (Å²) in [5.41, 5.74) is 0.848. The maximum atomic E-state index is 11.7. The van der Waals surface area contributed by atoms with Gasteiger partial charge < -0.3 is 10.1 Å². The van der Waals surface area contributed by atoms with Crippen LogP contribution in [0.2, 0.25) is 0 Å². The standard InChI is InChI=1S/C12H20N2O2S/c1-8(2)12-14-10(7-17-12)5-11(15)13-9(3)6-16-4/h7-9H,5-6H2,1-4H3,(H,13,15). The Morgan fingerprint density at radius 2 is 2.24 bits per heavy atom. The van der Waals surface area contributed by atoms with Crippen LogP contribution in [0.25, 0.3) is 0 Å². The fourth-order valence-electron chi connectivity index (χ4n) is 1.45. The minimum absolute atomic E-state index is 0.00449. The number of carbonyl (C=O) groups is 1. The molecule has 0 aliphatic carbocycles. The van der Waals surface area contributed by atoms with E-state index in [1.165, 1.54) is 0 Å². The van der Waals surface area contributed by atoms with Crippen molar-refractivity contribution >= 4 is 17.2 Å². The minimum Gasteiger partial charge on any atom is -0.383 e. The second kappa shape index (κ2) is 6.71. The number of rotatable bonds is 6. The Hall–Kier alpha value is -0.940. The largest absolute Gasteiger partial charge is 0.383 e. The van der Waals surface area contributed by atoms with Gasteiger partial charge in [-0.05, 0) is 6.92 Å². The molecule has 17 heavy (non-hydrogen) atoms. The van der Waals surface area contributed by atoms with Crippen LogP contribution in [0.3, 0.4) is 0 Å². The van der Waals surface area contributed by atoms with Crippen molar-refractivity contribution in [3.63, 3.8) is 0 Å². The Morgan fingerprint density at radius 1 is 1.53 bits per heavy atom. The van der Waals surface area contributed by atoms with Gasteiger partial charge in [-0.2, -0.15) is 0 Å². The van der Waals surface area contributed by atoms with Crippen LogP contribution in [-0.2, 0) is 16.0 Å². The summed E-state index contributed by atoms with van der Waals surface area (Å²) < 4.78 is 4.96. The van der Waals surface area contributed by atoms with Gasteiger partial charge in [-0.1, -0.05) is 13.8 Å². The molecule has 0 saturated heterocycles. The van der Waals surface area contributed by atoms with Crippen LogP contribution in [0, 0.1) is 0 Å². The number of hydrogen-bond donors (Lipinski definition) is 1. The number of amides is 1. The smallest absolute Gasteiger partial charge is 0.226 e. The molecule has 1 heterocycles. The third-order valence-corrected chi connectivity index (χ3v) is 3.42. The molecule has 4 nitrogen and oxygen atoms in total. The molecule has 5 heteroatoms. The maximum absolute atomic E-state index is 11.7. The molecule has 1 N–H and O–H groups in total. The monoisotopic (exact) mass is 256 g/mol. The van der Waals surface area contributed by atoms with E-state index in [4.69, 9.17) is 4.74 Å². The zero-order valence-electron chi connectivity index (χ0n) is 10.8. The molecule has 0 fully saturated rings. The number of methoxy groups -OCH3 is 1. The molecular formula is C12H20N2O2S. The normalized spacial score (nSPS) is 12.8. The van der Waals surface area contributed by atoms with Crippen LogP contribution in [0.1, 0.15) is 37.4 Å². The predicted octanol–water partition coefficient (Wildman–Crippen LogP) is 1.96. The molecule has 1 aromatic rings. The van der Waals surface area contributed by atoms with Crippen molar-refractivity contribution in [2.75, 3.05) is 13.7 Å². The van der Waals surface area contributed by atoms with Crippen molar-refractivity contribution in [2.24, 2.45) is 0 Å². The lowest BCUT2D eigenvalue weighted by Crippen LogP contribution is -2.36. The van der Waals surface area contributed by atoms with Gasteiger partial charge in [-0.25, -0.2) is 4.98 Å². The van der Waals surface area contributed by atoms with E-state index in [9.17, 15) is 4.79 Å². The Kier molecular flexibility index (Phi) is 5.58.